The Morgan fingerprint density at radius 2 is 1.67 bits per heavy atom. The molecule has 0 saturated heterocycles. The molecule has 4 heteroatoms. The summed E-state index contributed by atoms with van der Waals surface area (Å²) in [4.78, 5) is 0. The number of benzene rings is 1. The lowest BCUT2D eigenvalue weighted by molar-refractivity contribution is 0.443. The fraction of sp³-hybridized carbons (Fsp3) is 0.455. The van der Waals surface area contributed by atoms with Crippen molar-refractivity contribution in [2.24, 2.45) is 5.41 Å². The third-order valence-corrected chi connectivity index (χ3v) is 2.86. The second-order valence-corrected chi connectivity index (χ2v) is 6.39. The lowest BCUT2D eigenvalue weighted by Gasteiger charge is -2.21. The van der Waals surface area contributed by atoms with Crippen LogP contribution in [0.1, 0.15) is 20.8 Å². The van der Waals surface area contributed by atoms with E-state index in [1.807, 2.05) is 12.1 Å². The molecule has 1 nitrogen and oxygen atoms in total. The zero-order chi connectivity index (χ0) is 11.6. The minimum Gasteiger partial charge on any atom is -0.382 e. The van der Waals surface area contributed by atoms with Gasteiger partial charge in [0.05, 0.1) is 15.7 Å². The second-order valence-electron chi connectivity index (χ2n) is 4.66. The molecule has 1 N–H and O–H groups in total. The number of anilines is 1. The second kappa shape index (κ2) is 4.94. The maximum Gasteiger partial charge on any atom is 0.0719 e. The van der Waals surface area contributed by atoms with E-state index in [4.69, 9.17) is 23.2 Å². The van der Waals surface area contributed by atoms with Crippen LogP contribution < -0.4 is 5.32 Å². The monoisotopic (exact) mass is 309 g/mol. The first kappa shape index (κ1) is 13.1. The highest BCUT2D eigenvalue weighted by molar-refractivity contribution is 9.10. The number of nitrogens with one attached hydrogen (secondary N) is 1. The molecule has 0 saturated carbocycles. The Balaban J connectivity index is 2.86. The van der Waals surface area contributed by atoms with E-state index in [1.54, 1.807) is 0 Å². The van der Waals surface area contributed by atoms with Crippen molar-refractivity contribution in [3.05, 3.63) is 26.7 Å². The summed E-state index contributed by atoms with van der Waals surface area (Å²) >= 11 is 15.5. The topological polar surface area (TPSA) is 12.0 Å². The molecule has 1 aromatic carbocycles. The van der Waals surface area contributed by atoms with Gasteiger partial charge in [0, 0.05) is 11.0 Å². The maximum atomic E-state index is 6.09. The SMILES string of the molecule is CC(C)(C)CNc1c(Cl)cc(Br)cc1Cl. The Morgan fingerprint density at radius 1 is 1.20 bits per heavy atom. The van der Waals surface area contributed by atoms with Crippen molar-refractivity contribution in [3.63, 3.8) is 0 Å². The Labute approximate surface area is 109 Å². The van der Waals surface area contributed by atoms with Crippen molar-refractivity contribution < 1.29 is 0 Å². The Bertz CT molecular complexity index is 335. The van der Waals surface area contributed by atoms with Crippen molar-refractivity contribution >= 4 is 44.8 Å². The summed E-state index contributed by atoms with van der Waals surface area (Å²) in [6.07, 6.45) is 0. The zero-order valence-electron chi connectivity index (χ0n) is 9.00. The first-order valence-electron chi connectivity index (χ1n) is 4.68. The zero-order valence-corrected chi connectivity index (χ0v) is 12.1. The first-order valence-corrected chi connectivity index (χ1v) is 6.23. The number of rotatable bonds is 2. The summed E-state index contributed by atoms with van der Waals surface area (Å²) in [7, 11) is 0. The minimum atomic E-state index is 0.194. The highest BCUT2D eigenvalue weighted by Gasteiger charge is 2.13. The number of hydrogen-bond donors (Lipinski definition) is 1. The molecule has 0 spiro atoms. The van der Waals surface area contributed by atoms with Crippen molar-refractivity contribution in [1.29, 1.82) is 0 Å². The van der Waals surface area contributed by atoms with Crippen LogP contribution >= 0.6 is 39.1 Å². The van der Waals surface area contributed by atoms with Crippen molar-refractivity contribution in [1.82, 2.24) is 0 Å². The van der Waals surface area contributed by atoms with Gasteiger partial charge in [-0.3, -0.25) is 0 Å². The van der Waals surface area contributed by atoms with E-state index in [2.05, 4.69) is 42.0 Å². The Morgan fingerprint density at radius 3 is 2.07 bits per heavy atom. The average molecular weight is 311 g/mol. The van der Waals surface area contributed by atoms with E-state index < -0.39 is 0 Å². The van der Waals surface area contributed by atoms with E-state index in [1.165, 1.54) is 0 Å². The van der Waals surface area contributed by atoms with Gasteiger partial charge in [-0.15, -0.1) is 0 Å². The Kier molecular flexibility index (Phi) is 4.33. The molecule has 84 valence electrons. The van der Waals surface area contributed by atoms with Gasteiger partial charge in [0.2, 0.25) is 0 Å². The molecule has 0 amide bonds. The molecule has 0 aliphatic heterocycles. The molecule has 0 aliphatic carbocycles. The van der Waals surface area contributed by atoms with Gasteiger partial charge in [0.25, 0.3) is 0 Å². The molecule has 0 radical (unpaired) electrons. The van der Waals surface area contributed by atoms with Gasteiger partial charge in [0.15, 0.2) is 0 Å². The number of halogens is 3. The molecule has 0 heterocycles. The molecule has 1 aromatic rings. The largest absolute Gasteiger partial charge is 0.382 e. The van der Waals surface area contributed by atoms with Crippen LogP contribution in [0.3, 0.4) is 0 Å². The van der Waals surface area contributed by atoms with Crippen molar-refractivity contribution in [2.75, 3.05) is 11.9 Å². The van der Waals surface area contributed by atoms with Gasteiger partial charge in [-0.2, -0.15) is 0 Å². The molecule has 0 bridgehead atoms. The molecule has 0 atom stereocenters. The molecule has 0 aromatic heterocycles. The summed E-state index contributed by atoms with van der Waals surface area (Å²) in [6.45, 7) is 7.29. The lowest BCUT2D eigenvalue weighted by atomic mass is 9.97. The van der Waals surface area contributed by atoms with Crippen LogP contribution in [0.2, 0.25) is 10.0 Å². The first-order chi connectivity index (χ1) is 6.79. The van der Waals surface area contributed by atoms with Gasteiger partial charge in [-0.05, 0) is 17.5 Å². The summed E-state index contributed by atoms with van der Waals surface area (Å²) < 4.78 is 0.888. The van der Waals surface area contributed by atoms with Gasteiger partial charge >= 0.3 is 0 Å². The fourth-order valence-electron chi connectivity index (χ4n) is 1.06. The van der Waals surface area contributed by atoms with Crippen LogP contribution in [-0.4, -0.2) is 6.54 Å². The highest BCUT2D eigenvalue weighted by Crippen LogP contribution is 2.34. The lowest BCUT2D eigenvalue weighted by Crippen LogP contribution is -2.19. The number of hydrogen-bond acceptors (Lipinski definition) is 1. The van der Waals surface area contributed by atoms with Gasteiger partial charge in [-0.25, -0.2) is 0 Å². The quantitative estimate of drug-likeness (QED) is 0.790. The average Bonchev–Trinajstić information content (AvgIpc) is 1.99. The molecule has 1 rings (SSSR count). The normalized spacial score (nSPS) is 11.6. The third kappa shape index (κ3) is 4.21. The molecular weight excluding hydrogens is 297 g/mol. The van der Waals surface area contributed by atoms with E-state index in [0.29, 0.717) is 10.0 Å². The van der Waals surface area contributed by atoms with Gasteiger partial charge in [0.1, 0.15) is 0 Å². The summed E-state index contributed by atoms with van der Waals surface area (Å²) in [5.41, 5.74) is 0.996. The minimum absolute atomic E-state index is 0.194. The van der Waals surface area contributed by atoms with E-state index in [0.717, 1.165) is 16.7 Å². The molecule has 0 aliphatic rings. The van der Waals surface area contributed by atoms with Crippen LogP contribution in [0, 0.1) is 5.41 Å². The maximum absolute atomic E-state index is 6.09. The van der Waals surface area contributed by atoms with Crippen molar-refractivity contribution in [2.45, 2.75) is 20.8 Å². The molecular formula is C11H14BrCl2N. The fourth-order valence-corrected chi connectivity index (χ4v) is 2.41. The molecule has 15 heavy (non-hydrogen) atoms. The van der Waals surface area contributed by atoms with Crippen LogP contribution in [-0.2, 0) is 0 Å². The van der Waals surface area contributed by atoms with Crippen LogP contribution in [0.5, 0.6) is 0 Å². The van der Waals surface area contributed by atoms with E-state index >= 15 is 0 Å². The summed E-state index contributed by atoms with van der Waals surface area (Å²) in [5, 5.41) is 4.54. The van der Waals surface area contributed by atoms with Gasteiger partial charge in [-0.1, -0.05) is 59.9 Å². The highest BCUT2D eigenvalue weighted by atomic mass is 79.9. The van der Waals surface area contributed by atoms with Crippen LogP contribution in [0.25, 0.3) is 0 Å². The van der Waals surface area contributed by atoms with E-state index in [-0.39, 0.29) is 5.41 Å². The molecule has 0 unspecified atom stereocenters. The van der Waals surface area contributed by atoms with Gasteiger partial charge < -0.3 is 5.32 Å². The third-order valence-electron chi connectivity index (χ3n) is 1.80. The summed E-state index contributed by atoms with van der Waals surface area (Å²) in [5.74, 6) is 0. The van der Waals surface area contributed by atoms with Crippen LogP contribution in [0.15, 0.2) is 16.6 Å². The molecule has 0 fully saturated rings. The van der Waals surface area contributed by atoms with Crippen molar-refractivity contribution in [3.8, 4) is 0 Å². The Hall–Kier alpha value is 0.0800. The predicted octanol–water partition coefficient (Wildman–Crippen LogP) is 5.21. The standard InChI is InChI=1S/C11H14BrCl2N/c1-11(2,3)6-15-10-8(13)4-7(12)5-9(10)14/h4-5,15H,6H2,1-3H3. The predicted molar refractivity (Wildman–Crippen MR) is 72.1 cm³/mol. The van der Waals surface area contributed by atoms with Crippen LogP contribution in [0.4, 0.5) is 5.69 Å². The van der Waals surface area contributed by atoms with E-state index in [9.17, 15) is 0 Å². The smallest absolute Gasteiger partial charge is 0.0719 e. The summed E-state index contributed by atoms with van der Waals surface area (Å²) in [6, 6.07) is 3.66.